The average Bonchev–Trinajstić information content (AvgIpc) is 2.59. The van der Waals surface area contributed by atoms with E-state index in [1.807, 2.05) is 36.4 Å². The molecule has 0 aliphatic heterocycles. The van der Waals surface area contributed by atoms with Gasteiger partial charge in [-0.15, -0.1) is 0 Å². The molecule has 1 aliphatic rings. The van der Waals surface area contributed by atoms with Gasteiger partial charge in [-0.1, -0.05) is 36.8 Å². The number of rotatable bonds is 4. The second-order valence-electron chi connectivity index (χ2n) is 6.46. The van der Waals surface area contributed by atoms with Gasteiger partial charge in [0, 0.05) is 18.0 Å². The Balaban J connectivity index is 1.72. The van der Waals surface area contributed by atoms with Crippen LogP contribution in [-0.4, -0.2) is 19.3 Å². The molecule has 2 unspecified atom stereocenters. The molecule has 2 aromatic rings. The van der Waals surface area contributed by atoms with Crippen molar-refractivity contribution in [3.05, 3.63) is 42.0 Å². The highest BCUT2D eigenvalue weighted by Crippen LogP contribution is 2.37. The monoisotopic (exact) mass is 337 g/mol. The molecule has 130 valence electrons. The summed E-state index contributed by atoms with van der Waals surface area (Å²) < 4.78 is 44.2. The summed E-state index contributed by atoms with van der Waals surface area (Å²) in [6, 6.07) is 11.8. The van der Waals surface area contributed by atoms with Crippen LogP contribution in [0.3, 0.4) is 0 Å². The lowest BCUT2D eigenvalue weighted by Gasteiger charge is -2.31. The summed E-state index contributed by atoms with van der Waals surface area (Å²) in [5.74, 6) is -0.361. The fourth-order valence-electron chi connectivity index (χ4n) is 3.59. The maximum absolute atomic E-state index is 12.9. The van der Waals surface area contributed by atoms with Gasteiger partial charge in [0.25, 0.3) is 0 Å². The van der Waals surface area contributed by atoms with Crippen LogP contribution in [0.1, 0.15) is 31.2 Å². The fourth-order valence-corrected chi connectivity index (χ4v) is 3.59. The van der Waals surface area contributed by atoms with E-state index in [2.05, 4.69) is 5.32 Å². The molecule has 5 heteroatoms. The number of methoxy groups -OCH3 is 1. The molecule has 0 saturated heterocycles. The van der Waals surface area contributed by atoms with Crippen molar-refractivity contribution in [2.75, 3.05) is 7.11 Å². The quantitative estimate of drug-likeness (QED) is 0.842. The number of nitrogens with one attached hydrogen (secondary N) is 1. The van der Waals surface area contributed by atoms with Crippen molar-refractivity contribution in [1.82, 2.24) is 5.32 Å². The minimum absolute atomic E-state index is 0.0776. The Morgan fingerprint density at radius 1 is 1.08 bits per heavy atom. The molecule has 1 aliphatic carbocycles. The van der Waals surface area contributed by atoms with Crippen LogP contribution in [-0.2, 0) is 6.54 Å². The lowest BCUT2D eigenvalue weighted by Crippen LogP contribution is -2.38. The Bertz CT molecular complexity index is 699. The molecule has 0 spiro atoms. The molecule has 2 atom stereocenters. The van der Waals surface area contributed by atoms with Gasteiger partial charge < -0.3 is 10.1 Å². The summed E-state index contributed by atoms with van der Waals surface area (Å²) >= 11 is 0. The predicted molar refractivity (Wildman–Crippen MR) is 89.1 cm³/mol. The molecular formula is C19H22F3NO. The smallest absolute Gasteiger partial charge is 0.391 e. The normalized spacial score (nSPS) is 21.8. The zero-order valence-corrected chi connectivity index (χ0v) is 13.7. The van der Waals surface area contributed by atoms with Gasteiger partial charge in [0.05, 0.1) is 13.0 Å². The molecule has 3 rings (SSSR count). The van der Waals surface area contributed by atoms with E-state index in [4.69, 9.17) is 4.74 Å². The first-order chi connectivity index (χ1) is 11.5. The van der Waals surface area contributed by atoms with Crippen molar-refractivity contribution < 1.29 is 17.9 Å². The number of hydrogen-bond donors (Lipinski definition) is 1. The summed E-state index contributed by atoms with van der Waals surface area (Å²) in [5.41, 5.74) is 1.08. The highest BCUT2D eigenvalue weighted by molar-refractivity contribution is 5.91. The van der Waals surface area contributed by atoms with E-state index in [-0.39, 0.29) is 18.9 Å². The van der Waals surface area contributed by atoms with Gasteiger partial charge in [0.15, 0.2) is 0 Å². The molecule has 2 nitrogen and oxygen atoms in total. The second kappa shape index (κ2) is 7.01. The predicted octanol–water partition coefficient (Wildman–Crippen LogP) is 5.06. The lowest BCUT2D eigenvalue weighted by atomic mass is 9.85. The van der Waals surface area contributed by atoms with Gasteiger partial charge in [-0.2, -0.15) is 13.2 Å². The van der Waals surface area contributed by atoms with E-state index < -0.39 is 12.1 Å². The minimum Gasteiger partial charge on any atom is -0.496 e. The molecular weight excluding hydrogens is 315 g/mol. The van der Waals surface area contributed by atoms with Crippen LogP contribution < -0.4 is 10.1 Å². The molecule has 1 saturated carbocycles. The summed E-state index contributed by atoms with van der Waals surface area (Å²) in [5, 5.41) is 5.43. The van der Waals surface area contributed by atoms with Crippen molar-refractivity contribution in [2.45, 2.75) is 44.4 Å². The molecule has 0 heterocycles. The first-order valence-corrected chi connectivity index (χ1v) is 8.33. The van der Waals surface area contributed by atoms with E-state index in [1.165, 1.54) is 0 Å². The van der Waals surface area contributed by atoms with Crippen LogP contribution in [0.5, 0.6) is 5.75 Å². The number of hydrogen-bond acceptors (Lipinski definition) is 2. The Morgan fingerprint density at radius 2 is 1.83 bits per heavy atom. The molecule has 0 aromatic heterocycles. The summed E-state index contributed by atoms with van der Waals surface area (Å²) in [7, 11) is 1.64. The standard InChI is InChI=1S/C19H22F3NO/c1-24-18-10-9-13(16-7-2-3-8-17(16)18)12-23-15-6-4-5-14(11-15)19(20,21)22/h2-3,7-10,14-15,23H,4-6,11-12H2,1H3. The molecule has 1 fully saturated rings. The van der Waals surface area contributed by atoms with E-state index in [0.29, 0.717) is 13.0 Å². The molecule has 1 N–H and O–H groups in total. The van der Waals surface area contributed by atoms with Crippen LogP contribution in [0.25, 0.3) is 10.8 Å². The van der Waals surface area contributed by atoms with Crippen molar-refractivity contribution in [3.63, 3.8) is 0 Å². The van der Waals surface area contributed by atoms with Crippen molar-refractivity contribution in [3.8, 4) is 5.75 Å². The van der Waals surface area contributed by atoms with Crippen LogP contribution >= 0.6 is 0 Å². The zero-order valence-electron chi connectivity index (χ0n) is 13.7. The highest BCUT2D eigenvalue weighted by Gasteiger charge is 2.41. The molecule has 0 radical (unpaired) electrons. The Hall–Kier alpha value is -1.75. The van der Waals surface area contributed by atoms with Gasteiger partial charge in [-0.25, -0.2) is 0 Å². The van der Waals surface area contributed by atoms with Crippen LogP contribution in [0.15, 0.2) is 36.4 Å². The lowest BCUT2D eigenvalue weighted by molar-refractivity contribution is -0.183. The zero-order chi connectivity index (χ0) is 17.2. The average molecular weight is 337 g/mol. The first kappa shape index (κ1) is 17.1. The van der Waals surface area contributed by atoms with Gasteiger partial charge in [0.2, 0.25) is 0 Å². The summed E-state index contributed by atoms with van der Waals surface area (Å²) in [6.45, 7) is 0.569. The third-order valence-corrected chi connectivity index (χ3v) is 4.91. The van der Waals surface area contributed by atoms with Gasteiger partial charge in [-0.05, 0) is 36.3 Å². The van der Waals surface area contributed by atoms with Crippen LogP contribution in [0.4, 0.5) is 13.2 Å². The highest BCUT2D eigenvalue weighted by atomic mass is 19.4. The van der Waals surface area contributed by atoms with E-state index in [9.17, 15) is 13.2 Å². The van der Waals surface area contributed by atoms with Crippen molar-refractivity contribution in [2.24, 2.45) is 5.92 Å². The summed E-state index contributed by atoms with van der Waals surface area (Å²) in [4.78, 5) is 0. The molecule has 0 amide bonds. The van der Waals surface area contributed by atoms with E-state index >= 15 is 0 Å². The van der Waals surface area contributed by atoms with E-state index in [0.717, 1.165) is 28.5 Å². The van der Waals surface area contributed by atoms with E-state index in [1.54, 1.807) is 7.11 Å². The van der Waals surface area contributed by atoms with Crippen LogP contribution in [0.2, 0.25) is 0 Å². The Morgan fingerprint density at radius 3 is 2.54 bits per heavy atom. The second-order valence-corrected chi connectivity index (χ2v) is 6.46. The molecule has 2 aromatic carbocycles. The van der Waals surface area contributed by atoms with Gasteiger partial charge in [0.1, 0.15) is 5.75 Å². The van der Waals surface area contributed by atoms with Gasteiger partial charge >= 0.3 is 6.18 Å². The first-order valence-electron chi connectivity index (χ1n) is 8.33. The number of benzene rings is 2. The van der Waals surface area contributed by atoms with Gasteiger partial charge in [-0.3, -0.25) is 0 Å². The third-order valence-electron chi connectivity index (χ3n) is 4.91. The number of halogens is 3. The molecule has 24 heavy (non-hydrogen) atoms. The number of alkyl halides is 3. The number of fused-ring (bicyclic) bond motifs is 1. The van der Waals surface area contributed by atoms with Crippen LogP contribution in [0, 0.1) is 5.92 Å². The maximum Gasteiger partial charge on any atom is 0.391 e. The summed E-state index contributed by atoms with van der Waals surface area (Å²) in [6.07, 6.45) is -2.20. The largest absolute Gasteiger partial charge is 0.496 e. The van der Waals surface area contributed by atoms with Crippen molar-refractivity contribution in [1.29, 1.82) is 0 Å². The fraction of sp³-hybridized carbons (Fsp3) is 0.474. The SMILES string of the molecule is COc1ccc(CNC2CCCC(C(F)(F)F)C2)c2ccccc12. The van der Waals surface area contributed by atoms with Crippen molar-refractivity contribution >= 4 is 10.8 Å². The molecule has 0 bridgehead atoms. The minimum atomic E-state index is -4.08. The Labute approximate surface area is 140 Å². The maximum atomic E-state index is 12.9. The number of ether oxygens (including phenoxy) is 1. The third kappa shape index (κ3) is 3.66. The Kier molecular flexibility index (Phi) is 4.99. The topological polar surface area (TPSA) is 21.3 Å².